The Hall–Kier alpha value is -1.85. The van der Waals surface area contributed by atoms with Crippen molar-refractivity contribution in [3.05, 3.63) is 35.6 Å². The maximum Gasteiger partial charge on any atom is 0.290 e. The normalized spacial score (nSPS) is 20.4. The van der Waals surface area contributed by atoms with Crippen molar-refractivity contribution in [3.63, 3.8) is 0 Å². The predicted octanol–water partition coefficient (Wildman–Crippen LogP) is 3.56. The van der Waals surface area contributed by atoms with Gasteiger partial charge in [0.05, 0.1) is 12.7 Å². The van der Waals surface area contributed by atoms with Gasteiger partial charge in [-0.05, 0) is 31.7 Å². The molecule has 1 aliphatic heterocycles. The molecule has 1 unspecified atom stereocenters. The molecule has 1 aromatic carbocycles. The number of carbonyl (C=O) groups excluding carboxylic acids is 1. The SMILES string of the molecule is CC(C)OCc1c(C(=O)N2CCC(N)C(C)(C)C2)oc2ccccc12. The van der Waals surface area contributed by atoms with E-state index in [-0.39, 0.29) is 23.5 Å². The number of nitrogens with zero attached hydrogens (tertiary/aromatic N) is 1. The number of piperidine rings is 1. The Labute approximate surface area is 149 Å². The van der Waals surface area contributed by atoms with Gasteiger partial charge in [-0.25, -0.2) is 0 Å². The molecule has 0 bridgehead atoms. The van der Waals surface area contributed by atoms with Gasteiger partial charge in [-0.3, -0.25) is 4.79 Å². The molecule has 2 heterocycles. The van der Waals surface area contributed by atoms with E-state index in [0.29, 0.717) is 25.5 Å². The highest BCUT2D eigenvalue weighted by atomic mass is 16.5. The van der Waals surface area contributed by atoms with E-state index in [1.165, 1.54) is 0 Å². The number of likely N-dealkylation sites (tertiary alicyclic amines) is 1. The summed E-state index contributed by atoms with van der Waals surface area (Å²) in [4.78, 5) is 15.0. The van der Waals surface area contributed by atoms with Gasteiger partial charge >= 0.3 is 0 Å². The molecule has 2 aromatic rings. The number of para-hydroxylation sites is 1. The third kappa shape index (κ3) is 3.58. The molecule has 1 aliphatic rings. The van der Waals surface area contributed by atoms with Gasteiger partial charge in [0.25, 0.3) is 5.91 Å². The molecule has 5 nitrogen and oxygen atoms in total. The van der Waals surface area contributed by atoms with Gasteiger partial charge in [0.15, 0.2) is 5.76 Å². The van der Waals surface area contributed by atoms with E-state index in [2.05, 4.69) is 13.8 Å². The van der Waals surface area contributed by atoms with Crippen molar-refractivity contribution in [2.45, 2.75) is 52.9 Å². The van der Waals surface area contributed by atoms with Gasteiger partial charge in [0, 0.05) is 30.1 Å². The Morgan fingerprint density at radius 3 is 2.80 bits per heavy atom. The zero-order chi connectivity index (χ0) is 18.2. The lowest BCUT2D eigenvalue weighted by Gasteiger charge is -2.42. The van der Waals surface area contributed by atoms with Gasteiger partial charge in [-0.1, -0.05) is 32.0 Å². The van der Waals surface area contributed by atoms with Crippen LogP contribution >= 0.6 is 0 Å². The van der Waals surface area contributed by atoms with Crippen LogP contribution in [-0.2, 0) is 11.3 Å². The molecule has 3 rings (SSSR count). The molecule has 1 saturated heterocycles. The Balaban J connectivity index is 1.94. The molecular weight excluding hydrogens is 316 g/mol. The summed E-state index contributed by atoms with van der Waals surface area (Å²) in [5.74, 6) is 0.326. The number of ether oxygens (including phenoxy) is 1. The summed E-state index contributed by atoms with van der Waals surface area (Å²) in [5, 5.41) is 0.944. The number of fused-ring (bicyclic) bond motifs is 1. The molecule has 0 spiro atoms. The summed E-state index contributed by atoms with van der Waals surface area (Å²) in [5.41, 5.74) is 7.66. The first-order valence-electron chi connectivity index (χ1n) is 8.96. The summed E-state index contributed by atoms with van der Waals surface area (Å²) in [6.45, 7) is 9.85. The average Bonchev–Trinajstić information content (AvgIpc) is 2.93. The van der Waals surface area contributed by atoms with Gasteiger partial charge in [0.2, 0.25) is 0 Å². The summed E-state index contributed by atoms with van der Waals surface area (Å²) >= 11 is 0. The monoisotopic (exact) mass is 344 g/mol. The maximum atomic E-state index is 13.2. The minimum atomic E-state index is -0.103. The van der Waals surface area contributed by atoms with E-state index in [4.69, 9.17) is 14.9 Å². The smallest absolute Gasteiger partial charge is 0.290 e. The van der Waals surface area contributed by atoms with Crippen LogP contribution in [0.2, 0.25) is 0 Å². The first-order chi connectivity index (χ1) is 11.8. The zero-order valence-corrected chi connectivity index (χ0v) is 15.5. The third-order valence-corrected chi connectivity index (χ3v) is 5.05. The van der Waals surface area contributed by atoms with E-state index in [0.717, 1.165) is 23.0 Å². The highest BCUT2D eigenvalue weighted by molar-refractivity contribution is 5.99. The van der Waals surface area contributed by atoms with Crippen LogP contribution < -0.4 is 5.73 Å². The minimum Gasteiger partial charge on any atom is -0.451 e. The first kappa shape index (κ1) is 18.0. The van der Waals surface area contributed by atoms with Crippen molar-refractivity contribution in [3.8, 4) is 0 Å². The third-order valence-electron chi connectivity index (χ3n) is 5.05. The lowest BCUT2D eigenvalue weighted by atomic mass is 9.79. The van der Waals surface area contributed by atoms with Gasteiger partial charge in [0.1, 0.15) is 5.58 Å². The molecular formula is C20H28N2O3. The van der Waals surface area contributed by atoms with Gasteiger partial charge in [-0.2, -0.15) is 0 Å². The second-order valence-electron chi connectivity index (χ2n) is 7.88. The number of furan rings is 1. The molecule has 2 N–H and O–H groups in total. The largest absolute Gasteiger partial charge is 0.451 e. The Kier molecular flexibility index (Phi) is 4.89. The standard InChI is InChI=1S/C20H28N2O3/c1-13(2)24-11-15-14-7-5-6-8-16(14)25-18(15)19(23)22-10-9-17(21)20(3,4)12-22/h5-8,13,17H,9-12,21H2,1-4H3. The number of nitrogens with two attached hydrogens (primary N) is 1. The Morgan fingerprint density at radius 2 is 2.12 bits per heavy atom. The molecule has 0 aliphatic carbocycles. The van der Waals surface area contributed by atoms with Crippen LogP contribution in [0.5, 0.6) is 0 Å². The molecule has 0 radical (unpaired) electrons. The van der Waals surface area contributed by atoms with E-state index in [1.807, 2.05) is 43.0 Å². The molecule has 0 saturated carbocycles. The van der Waals surface area contributed by atoms with Crippen LogP contribution in [0.4, 0.5) is 0 Å². The number of benzene rings is 1. The number of amides is 1. The average molecular weight is 344 g/mol. The lowest BCUT2D eigenvalue weighted by Crippen LogP contribution is -2.54. The minimum absolute atomic E-state index is 0.0708. The fourth-order valence-corrected chi connectivity index (χ4v) is 3.36. The highest BCUT2D eigenvalue weighted by Gasteiger charge is 2.37. The fraction of sp³-hybridized carbons (Fsp3) is 0.550. The van der Waals surface area contributed by atoms with Crippen molar-refractivity contribution >= 4 is 16.9 Å². The van der Waals surface area contributed by atoms with Crippen LogP contribution in [0.1, 0.15) is 50.2 Å². The summed E-state index contributed by atoms with van der Waals surface area (Å²) in [6.07, 6.45) is 0.889. The second-order valence-corrected chi connectivity index (χ2v) is 7.88. The topological polar surface area (TPSA) is 68.7 Å². The predicted molar refractivity (Wildman–Crippen MR) is 98.4 cm³/mol. The highest BCUT2D eigenvalue weighted by Crippen LogP contribution is 2.32. The van der Waals surface area contributed by atoms with Crippen LogP contribution in [-0.4, -0.2) is 36.0 Å². The molecule has 1 atom stereocenters. The maximum absolute atomic E-state index is 13.2. The van der Waals surface area contributed by atoms with E-state index < -0.39 is 0 Å². The second kappa shape index (κ2) is 6.81. The molecule has 1 fully saturated rings. The number of hydrogen-bond donors (Lipinski definition) is 1. The van der Waals surface area contributed by atoms with Gasteiger partial charge in [-0.15, -0.1) is 0 Å². The Bertz CT molecular complexity index is 763. The molecule has 1 amide bonds. The van der Waals surface area contributed by atoms with Crippen LogP contribution in [0, 0.1) is 5.41 Å². The van der Waals surface area contributed by atoms with Crippen LogP contribution in [0.15, 0.2) is 28.7 Å². The number of rotatable bonds is 4. The quantitative estimate of drug-likeness (QED) is 0.921. The summed E-state index contributed by atoms with van der Waals surface area (Å²) < 4.78 is 11.7. The Morgan fingerprint density at radius 1 is 1.40 bits per heavy atom. The fourth-order valence-electron chi connectivity index (χ4n) is 3.36. The lowest BCUT2D eigenvalue weighted by molar-refractivity contribution is 0.0477. The van der Waals surface area contributed by atoms with E-state index in [9.17, 15) is 4.79 Å². The van der Waals surface area contributed by atoms with Crippen molar-refractivity contribution in [1.29, 1.82) is 0 Å². The number of carbonyl (C=O) groups is 1. The number of hydrogen-bond acceptors (Lipinski definition) is 4. The van der Waals surface area contributed by atoms with Crippen molar-refractivity contribution in [2.75, 3.05) is 13.1 Å². The van der Waals surface area contributed by atoms with E-state index in [1.54, 1.807) is 0 Å². The molecule has 5 heteroatoms. The zero-order valence-electron chi connectivity index (χ0n) is 15.5. The van der Waals surface area contributed by atoms with Crippen molar-refractivity contribution in [1.82, 2.24) is 4.90 Å². The van der Waals surface area contributed by atoms with Crippen LogP contribution in [0.25, 0.3) is 11.0 Å². The van der Waals surface area contributed by atoms with Crippen LogP contribution in [0.3, 0.4) is 0 Å². The molecule has 25 heavy (non-hydrogen) atoms. The first-order valence-corrected chi connectivity index (χ1v) is 8.96. The summed E-state index contributed by atoms with van der Waals surface area (Å²) in [6, 6.07) is 7.84. The molecule has 136 valence electrons. The van der Waals surface area contributed by atoms with E-state index >= 15 is 0 Å². The molecule has 1 aromatic heterocycles. The van der Waals surface area contributed by atoms with Gasteiger partial charge < -0.3 is 19.8 Å². The van der Waals surface area contributed by atoms with Crippen molar-refractivity contribution < 1.29 is 13.9 Å². The van der Waals surface area contributed by atoms with Crippen molar-refractivity contribution in [2.24, 2.45) is 11.1 Å². The summed E-state index contributed by atoms with van der Waals surface area (Å²) in [7, 11) is 0.